The van der Waals surface area contributed by atoms with E-state index >= 15 is 0 Å². The summed E-state index contributed by atoms with van der Waals surface area (Å²) in [4.78, 5) is 2.38. The Morgan fingerprint density at radius 3 is 2.53 bits per heavy atom. The predicted octanol–water partition coefficient (Wildman–Crippen LogP) is 1.14. The van der Waals surface area contributed by atoms with Gasteiger partial charge in [0, 0.05) is 12.1 Å². The molecule has 0 aromatic rings. The molecule has 0 bridgehead atoms. The second-order valence-corrected chi connectivity index (χ2v) is 4.99. The maximum absolute atomic E-state index is 9.92. The first kappa shape index (κ1) is 11.4. The Bertz CT molecular complexity index is 198. The molecular weight excluding hydrogens is 190 g/mol. The zero-order chi connectivity index (χ0) is 10.7. The number of hydrogen-bond donors (Lipinski definition) is 2. The van der Waals surface area contributed by atoms with Crippen molar-refractivity contribution < 1.29 is 10.2 Å². The summed E-state index contributed by atoms with van der Waals surface area (Å²) in [6.07, 6.45) is 7.86. The highest BCUT2D eigenvalue weighted by Crippen LogP contribution is 2.29. The summed E-state index contributed by atoms with van der Waals surface area (Å²) in [5.41, 5.74) is 0. The Morgan fingerprint density at radius 2 is 1.87 bits per heavy atom. The number of hydrogen-bond acceptors (Lipinski definition) is 3. The molecule has 2 N–H and O–H groups in total. The third-order valence-electron chi connectivity index (χ3n) is 4.00. The van der Waals surface area contributed by atoms with Gasteiger partial charge >= 0.3 is 0 Å². The molecule has 0 amide bonds. The molecule has 2 rings (SSSR count). The number of nitrogens with zero attached hydrogens (tertiary/aromatic N) is 1. The van der Waals surface area contributed by atoms with E-state index in [0.717, 1.165) is 32.2 Å². The lowest BCUT2D eigenvalue weighted by atomic mass is 10.1. The largest absolute Gasteiger partial charge is 0.395 e. The topological polar surface area (TPSA) is 43.7 Å². The molecular formula is C12H23NO2. The van der Waals surface area contributed by atoms with Crippen LogP contribution < -0.4 is 0 Å². The minimum Gasteiger partial charge on any atom is -0.395 e. The normalized spacial score (nSPS) is 39.2. The number of rotatable bonds is 2. The van der Waals surface area contributed by atoms with Crippen molar-refractivity contribution in [3.63, 3.8) is 0 Å². The minimum atomic E-state index is -0.155. The van der Waals surface area contributed by atoms with Crippen LogP contribution in [0, 0.1) is 0 Å². The molecule has 1 saturated heterocycles. The van der Waals surface area contributed by atoms with Gasteiger partial charge in [-0.15, -0.1) is 0 Å². The van der Waals surface area contributed by atoms with Crippen LogP contribution in [0.5, 0.6) is 0 Å². The molecule has 3 heteroatoms. The van der Waals surface area contributed by atoms with Crippen molar-refractivity contribution in [3.05, 3.63) is 0 Å². The van der Waals surface area contributed by atoms with E-state index in [0.29, 0.717) is 12.1 Å². The predicted molar refractivity (Wildman–Crippen MR) is 59.7 cm³/mol. The van der Waals surface area contributed by atoms with Crippen LogP contribution in [0.2, 0.25) is 0 Å². The van der Waals surface area contributed by atoms with Crippen molar-refractivity contribution >= 4 is 0 Å². The first-order valence-corrected chi connectivity index (χ1v) is 6.37. The van der Waals surface area contributed by atoms with Crippen molar-refractivity contribution in [2.45, 2.75) is 63.1 Å². The molecule has 0 aromatic carbocycles. The fraction of sp³-hybridized carbons (Fsp3) is 1.00. The van der Waals surface area contributed by atoms with E-state index in [2.05, 4.69) is 4.90 Å². The first-order chi connectivity index (χ1) is 7.33. The number of likely N-dealkylation sites (tertiary alicyclic amines) is 1. The molecule has 0 aromatic heterocycles. The average Bonchev–Trinajstić information content (AvgIpc) is 2.54. The Morgan fingerprint density at radius 1 is 1.00 bits per heavy atom. The standard InChI is InChI=1S/C12H23NO2/c14-9-10-5-2-1-3-8-13(10)11-6-4-7-12(11)15/h10-12,14-15H,1-9H2/t10?,11-,12-/m0/s1. The maximum atomic E-state index is 9.92. The second kappa shape index (κ2) is 5.28. The van der Waals surface area contributed by atoms with Crippen LogP contribution in [-0.4, -0.2) is 46.5 Å². The SMILES string of the molecule is OCC1CCCCCN1[C@H]1CCC[C@@H]1O. The Balaban J connectivity index is 2.02. The lowest BCUT2D eigenvalue weighted by molar-refractivity contribution is 0.0250. The molecule has 3 nitrogen and oxygen atoms in total. The summed E-state index contributed by atoms with van der Waals surface area (Å²) in [5, 5.41) is 19.3. The molecule has 88 valence electrons. The lowest BCUT2D eigenvalue weighted by Crippen LogP contribution is -2.48. The molecule has 0 radical (unpaired) electrons. The summed E-state index contributed by atoms with van der Waals surface area (Å²) in [7, 11) is 0. The molecule has 2 aliphatic rings. The van der Waals surface area contributed by atoms with E-state index in [4.69, 9.17) is 0 Å². The molecule has 0 spiro atoms. The van der Waals surface area contributed by atoms with Gasteiger partial charge in [0.1, 0.15) is 0 Å². The third-order valence-corrected chi connectivity index (χ3v) is 4.00. The van der Waals surface area contributed by atoms with Gasteiger partial charge in [0.2, 0.25) is 0 Å². The van der Waals surface area contributed by atoms with Gasteiger partial charge in [-0.05, 0) is 38.6 Å². The summed E-state index contributed by atoms with van der Waals surface area (Å²) in [6.45, 7) is 1.32. The van der Waals surface area contributed by atoms with Crippen LogP contribution in [0.4, 0.5) is 0 Å². The van der Waals surface area contributed by atoms with Gasteiger partial charge in [0.05, 0.1) is 12.7 Å². The monoisotopic (exact) mass is 213 g/mol. The molecule has 1 aliphatic heterocycles. The second-order valence-electron chi connectivity index (χ2n) is 4.99. The van der Waals surface area contributed by atoms with Crippen LogP contribution >= 0.6 is 0 Å². The number of aliphatic hydroxyl groups excluding tert-OH is 2. The fourth-order valence-corrected chi connectivity index (χ4v) is 3.14. The van der Waals surface area contributed by atoms with Gasteiger partial charge in [0.25, 0.3) is 0 Å². The smallest absolute Gasteiger partial charge is 0.0695 e. The van der Waals surface area contributed by atoms with Gasteiger partial charge in [-0.2, -0.15) is 0 Å². The molecule has 3 atom stereocenters. The highest BCUT2D eigenvalue weighted by molar-refractivity contribution is 4.89. The van der Waals surface area contributed by atoms with E-state index in [9.17, 15) is 10.2 Å². The van der Waals surface area contributed by atoms with Crippen molar-refractivity contribution in [1.29, 1.82) is 0 Å². The van der Waals surface area contributed by atoms with E-state index in [1.807, 2.05) is 0 Å². The van der Waals surface area contributed by atoms with Gasteiger partial charge in [-0.1, -0.05) is 12.8 Å². The van der Waals surface area contributed by atoms with Crippen LogP contribution in [0.1, 0.15) is 44.9 Å². The lowest BCUT2D eigenvalue weighted by Gasteiger charge is -2.35. The highest BCUT2D eigenvalue weighted by Gasteiger charge is 2.34. The van der Waals surface area contributed by atoms with Crippen molar-refractivity contribution in [3.8, 4) is 0 Å². The summed E-state index contributed by atoms with van der Waals surface area (Å²) in [6, 6.07) is 0.616. The minimum absolute atomic E-state index is 0.155. The van der Waals surface area contributed by atoms with E-state index < -0.39 is 0 Å². The van der Waals surface area contributed by atoms with Gasteiger partial charge < -0.3 is 10.2 Å². The Hall–Kier alpha value is -0.120. The maximum Gasteiger partial charge on any atom is 0.0695 e. The van der Waals surface area contributed by atoms with Crippen LogP contribution in [0.3, 0.4) is 0 Å². The summed E-state index contributed by atoms with van der Waals surface area (Å²) < 4.78 is 0. The number of aliphatic hydroxyl groups is 2. The molecule has 1 aliphatic carbocycles. The van der Waals surface area contributed by atoms with Crippen molar-refractivity contribution in [1.82, 2.24) is 4.90 Å². The van der Waals surface area contributed by atoms with Gasteiger partial charge in [-0.25, -0.2) is 0 Å². The molecule has 15 heavy (non-hydrogen) atoms. The van der Waals surface area contributed by atoms with Crippen molar-refractivity contribution in [2.75, 3.05) is 13.2 Å². The van der Waals surface area contributed by atoms with Crippen LogP contribution in [-0.2, 0) is 0 Å². The zero-order valence-electron chi connectivity index (χ0n) is 9.44. The third kappa shape index (κ3) is 2.52. The van der Waals surface area contributed by atoms with Crippen molar-refractivity contribution in [2.24, 2.45) is 0 Å². The molecule has 1 unspecified atom stereocenters. The highest BCUT2D eigenvalue weighted by atomic mass is 16.3. The van der Waals surface area contributed by atoms with E-state index in [-0.39, 0.29) is 12.7 Å². The summed E-state index contributed by atoms with van der Waals surface area (Å²) in [5.74, 6) is 0. The Kier molecular flexibility index (Phi) is 4.00. The quantitative estimate of drug-likeness (QED) is 0.723. The first-order valence-electron chi connectivity index (χ1n) is 6.37. The summed E-state index contributed by atoms with van der Waals surface area (Å²) >= 11 is 0. The van der Waals surface area contributed by atoms with E-state index in [1.54, 1.807) is 0 Å². The fourth-order valence-electron chi connectivity index (χ4n) is 3.14. The average molecular weight is 213 g/mol. The molecule has 1 saturated carbocycles. The van der Waals surface area contributed by atoms with Crippen LogP contribution in [0.15, 0.2) is 0 Å². The molecule has 2 fully saturated rings. The van der Waals surface area contributed by atoms with Gasteiger partial charge in [-0.3, -0.25) is 4.90 Å². The van der Waals surface area contributed by atoms with Crippen LogP contribution in [0.25, 0.3) is 0 Å². The Labute approximate surface area is 92.1 Å². The zero-order valence-corrected chi connectivity index (χ0v) is 9.44. The van der Waals surface area contributed by atoms with E-state index in [1.165, 1.54) is 19.3 Å². The molecule has 1 heterocycles. The van der Waals surface area contributed by atoms with Gasteiger partial charge in [0.15, 0.2) is 0 Å².